The van der Waals surface area contributed by atoms with Crippen molar-refractivity contribution in [2.45, 2.75) is 12.7 Å². The van der Waals surface area contributed by atoms with Gasteiger partial charge in [-0.15, -0.1) is 0 Å². The van der Waals surface area contributed by atoms with E-state index in [0.29, 0.717) is 5.56 Å². The van der Waals surface area contributed by atoms with E-state index >= 15 is 0 Å². The maximum absolute atomic E-state index is 12.6. The van der Waals surface area contributed by atoms with Gasteiger partial charge in [-0.25, -0.2) is 4.98 Å². The summed E-state index contributed by atoms with van der Waals surface area (Å²) in [6.45, 7) is 0.0504. The van der Waals surface area contributed by atoms with Crippen molar-refractivity contribution in [3.05, 3.63) is 29.6 Å². The van der Waals surface area contributed by atoms with Crippen molar-refractivity contribution in [2.24, 2.45) is 5.73 Å². The Morgan fingerprint density at radius 3 is 2.73 bits per heavy atom. The van der Waals surface area contributed by atoms with Crippen LogP contribution in [0.1, 0.15) is 11.1 Å². The van der Waals surface area contributed by atoms with Crippen LogP contribution in [0.4, 0.5) is 13.2 Å². The monoisotopic (exact) mass is 215 g/mol. The number of hydrogen-bond acceptors (Lipinski definition) is 2. The molecule has 2 aromatic rings. The van der Waals surface area contributed by atoms with Gasteiger partial charge in [0.15, 0.2) is 0 Å². The summed E-state index contributed by atoms with van der Waals surface area (Å²) in [5.74, 6) is 0. The van der Waals surface area contributed by atoms with Gasteiger partial charge in [0, 0.05) is 24.3 Å². The van der Waals surface area contributed by atoms with Crippen molar-refractivity contribution in [1.29, 1.82) is 0 Å². The lowest BCUT2D eigenvalue weighted by atomic mass is 10.1. The van der Waals surface area contributed by atoms with E-state index in [0.717, 1.165) is 12.3 Å². The quantitative estimate of drug-likeness (QED) is 0.764. The fourth-order valence-electron chi connectivity index (χ4n) is 1.52. The molecule has 0 unspecified atom stereocenters. The number of nitrogens with one attached hydrogen (secondary N) is 1. The number of halogens is 3. The zero-order valence-corrected chi connectivity index (χ0v) is 7.60. The van der Waals surface area contributed by atoms with Crippen molar-refractivity contribution in [3.63, 3.8) is 0 Å². The number of nitrogens with zero attached hydrogens (tertiary/aromatic N) is 1. The highest BCUT2D eigenvalue weighted by Gasteiger charge is 2.33. The minimum atomic E-state index is -4.38. The second-order valence-electron chi connectivity index (χ2n) is 3.10. The highest BCUT2D eigenvalue weighted by atomic mass is 19.4. The molecule has 2 aromatic heterocycles. The smallest absolute Gasteiger partial charge is 0.346 e. The molecule has 2 rings (SSSR count). The molecule has 0 spiro atoms. The molecule has 3 nitrogen and oxygen atoms in total. The molecular weight excluding hydrogens is 207 g/mol. The molecule has 0 saturated carbocycles. The zero-order chi connectivity index (χ0) is 11.1. The standard InChI is InChI=1S/C9H8F3N3/c10-9(11,12)6-1-2-14-8-7(6)5(3-13)4-15-8/h1-2,4H,3,13H2,(H,14,15). The normalized spacial score (nSPS) is 12.3. The second-order valence-corrected chi connectivity index (χ2v) is 3.10. The Morgan fingerprint density at radius 2 is 2.13 bits per heavy atom. The highest BCUT2D eigenvalue weighted by molar-refractivity contribution is 5.83. The van der Waals surface area contributed by atoms with Gasteiger partial charge < -0.3 is 10.7 Å². The predicted octanol–water partition coefficient (Wildman–Crippen LogP) is 2.04. The number of nitrogens with two attached hydrogens (primary N) is 1. The Labute approximate surface area is 83.1 Å². The van der Waals surface area contributed by atoms with Gasteiger partial charge in [0.05, 0.1) is 5.56 Å². The predicted molar refractivity (Wildman–Crippen MR) is 49.0 cm³/mol. The van der Waals surface area contributed by atoms with Gasteiger partial charge in [0.1, 0.15) is 5.65 Å². The van der Waals surface area contributed by atoms with Crippen LogP contribution < -0.4 is 5.73 Å². The molecule has 0 aliphatic rings. The van der Waals surface area contributed by atoms with Crippen molar-refractivity contribution >= 4 is 11.0 Å². The van der Waals surface area contributed by atoms with Crippen molar-refractivity contribution in [1.82, 2.24) is 9.97 Å². The summed E-state index contributed by atoms with van der Waals surface area (Å²) in [6.07, 6.45) is -1.80. The summed E-state index contributed by atoms with van der Waals surface area (Å²) in [5, 5.41) is 0.0625. The molecule has 6 heteroatoms. The Morgan fingerprint density at radius 1 is 1.40 bits per heavy atom. The van der Waals surface area contributed by atoms with E-state index in [1.54, 1.807) is 0 Å². The number of alkyl halides is 3. The molecule has 0 amide bonds. The maximum atomic E-state index is 12.6. The van der Waals surface area contributed by atoms with Crippen LogP contribution in [0.15, 0.2) is 18.5 Å². The Balaban J connectivity index is 2.78. The first-order chi connectivity index (χ1) is 7.04. The summed E-state index contributed by atoms with van der Waals surface area (Å²) in [7, 11) is 0. The summed E-state index contributed by atoms with van der Waals surface area (Å²) in [6, 6.07) is 0.954. The first-order valence-corrected chi connectivity index (χ1v) is 4.26. The van der Waals surface area contributed by atoms with E-state index in [1.807, 2.05) is 0 Å². The fraction of sp³-hybridized carbons (Fsp3) is 0.222. The topological polar surface area (TPSA) is 54.7 Å². The van der Waals surface area contributed by atoms with Crippen molar-refractivity contribution in [2.75, 3.05) is 0 Å². The van der Waals surface area contributed by atoms with Crippen LogP contribution in [0.2, 0.25) is 0 Å². The van der Waals surface area contributed by atoms with Crippen molar-refractivity contribution < 1.29 is 13.2 Å². The number of hydrogen-bond donors (Lipinski definition) is 2. The number of aromatic amines is 1. The van der Waals surface area contributed by atoms with Gasteiger partial charge in [0.25, 0.3) is 0 Å². The zero-order valence-electron chi connectivity index (χ0n) is 7.60. The molecule has 0 bridgehead atoms. The molecule has 2 heterocycles. The van der Waals surface area contributed by atoms with Crippen LogP contribution in [-0.2, 0) is 12.7 Å². The third-order valence-electron chi connectivity index (χ3n) is 2.18. The fourth-order valence-corrected chi connectivity index (χ4v) is 1.52. The third kappa shape index (κ3) is 1.56. The number of aromatic nitrogens is 2. The average molecular weight is 215 g/mol. The first kappa shape index (κ1) is 9.97. The van der Waals surface area contributed by atoms with Crippen LogP contribution in [0.5, 0.6) is 0 Å². The summed E-state index contributed by atoms with van der Waals surface area (Å²) in [5.41, 5.74) is 5.29. The van der Waals surface area contributed by atoms with E-state index in [4.69, 9.17) is 5.73 Å². The second kappa shape index (κ2) is 3.23. The SMILES string of the molecule is NCc1c[nH]c2nccc(C(F)(F)F)c12. The van der Waals surface area contributed by atoms with Gasteiger partial charge >= 0.3 is 6.18 Å². The molecule has 15 heavy (non-hydrogen) atoms. The van der Waals surface area contributed by atoms with Crippen LogP contribution in [0.25, 0.3) is 11.0 Å². The molecule has 0 radical (unpaired) electrons. The van der Waals surface area contributed by atoms with Crippen molar-refractivity contribution in [3.8, 4) is 0 Å². The van der Waals surface area contributed by atoms with E-state index in [1.165, 1.54) is 6.20 Å². The number of pyridine rings is 1. The van der Waals surface area contributed by atoms with Gasteiger partial charge in [-0.05, 0) is 11.6 Å². The minimum Gasteiger partial charge on any atom is -0.346 e. The highest BCUT2D eigenvalue weighted by Crippen LogP contribution is 2.35. The third-order valence-corrected chi connectivity index (χ3v) is 2.18. The summed E-state index contributed by atoms with van der Waals surface area (Å²) < 4.78 is 37.9. The largest absolute Gasteiger partial charge is 0.417 e. The average Bonchev–Trinajstić information content (AvgIpc) is 2.58. The molecule has 0 aliphatic carbocycles. The molecule has 0 aliphatic heterocycles. The lowest BCUT2D eigenvalue weighted by Gasteiger charge is -2.08. The summed E-state index contributed by atoms with van der Waals surface area (Å²) in [4.78, 5) is 6.47. The molecular formula is C9H8F3N3. The van der Waals surface area contributed by atoms with E-state index in [9.17, 15) is 13.2 Å². The van der Waals surface area contributed by atoms with Gasteiger partial charge in [-0.3, -0.25) is 0 Å². The molecule has 3 N–H and O–H groups in total. The molecule has 0 atom stereocenters. The Bertz CT molecular complexity index is 487. The molecule has 80 valence electrons. The van der Waals surface area contributed by atoms with Crippen LogP contribution in [-0.4, -0.2) is 9.97 Å². The lowest BCUT2D eigenvalue weighted by Crippen LogP contribution is -2.07. The Hall–Kier alpha value is -1.56. The van der Waals surface area contributed by atoms with Crippen LogP contribution >= 0.6 is 0 Å². The van der Waals surface area contributed by atoms with E-state index < -0.39 is 11.7 Å². The molecule has 0 fully saturated rings. The number of fused-ring (bicyclic) bond motifs is 1. The van der Waals surface area contributed by atoms with Crippen LogP contribution in [0, 0.1) is 0 Å². The first-order valence-electron chi connectivity index (χ1n) is 4.26. The Kier molecular flexibility index (Phi) is 2.15. The molecule has 0 aromatic carbocycles. The number of H-pyrrole nitrogens is 1. The van der Waals surface area contributed by atoms with Gasteiger partial charge in [-0.2, -0.15) is 13.2 Å². The molecule has 0 saturated heterocycles. The summed E-state index contributed by atoms with van der Waals surface area (Å²) >= 11 is 0. The maximum Gasteiger partial charge on any atom is 0.417 e. The minimum absolute atomic E-state index is 0.0504. The van der Waals surface area contributed by atoms with Gasteiger partial charge in [-0.1, -0.05) is 0 Å². The van der Waals surface area contributed by atoms with Crippen LogP contribution in [0.3, 0.4) is 0 Å². The lowest BCUT2D eigenvalue weighted by molar-refractivity contribution is -0.136. The van der Waals surface area contributed by atoms with E-state index in [2.05, 4.69) is 9.97 Å². The number of rotatable bonds is 1. The van der Waals surface area contributed by atoms with E-state index in [-0.39, 0.29) is 17.6 Å². The van der Waals surface area contributed by atoms with Gasteiger partial charge in [0.2, 0.25) is 0 Å².